The topological polar surface area (TPSA) is 91.5 Å². The highest BCUT2D eigenvalue weighted by atomic mass is 19.1. The first-order valence-electron chi connectivity index (χ1n) is 9.81. The van der Waals surface area contributed by atoms with Crippen LogP contribution in [-0.4, -0.2) is 78.5 Å². The first kappa shape index (κ1) is 18.0. The van der Waals surface area contributed by atoms with Crippen LogP contribution < -0.4 is 5.56 Å². The molecule has 0 radical (unpaired) electrons. The molecule has 3 aromatic heterocycles. The number of aromatic nitrogens is 5. The number of amides is 1. The molecule has 2 aliphatic rings. The summed E-state index contributed by atoms with van der Waals surface area (Å²) in [5.41, 5.74) is 1.25. The predicted octanol–water partition coefficient (Wildman–Crippen LogP) is 0.775. The van der Waals surface area contributed by atoms with E-state index in [-0.39, 0.29) is 23.5 Å². The largest absolute Gasteiger partial charge is 0.337 e. The lowest BCUT2D eigenvalue weighted by atomic mass is 10.2. The molecule has 1 N–H and O–H groups in total. The van der Waals surface area contributed by atoms with Crippen molar-refractivity contribution in [3.05, 3.63) is 46.1 Å². The number of fused-ring (bicyclic) bond motifs is 1. The van der Waals surface area contributed by atoms with Crippen LogP contribution in [-0.2, 0) is 0 Å². The van der Waals surface area contributed by atoms with Crippen molar-refractivity contribution in [2.75, 3.05) is 26.2 Å². The molecule has 5 rings (SSSR count). The van der Waals surface area contributed by atoms with Crippen molar-refractivity contribution in [1.82, 2.24) is 34.2 Å². The zero-order chi connectivity index (χ0) is 20.1. The molecule has 5 heterocycles. The van der Waals surface area contributed by atoms with Crippen molar-refractivity contribution in [2.45, 2.75) is 32.0 Å². The van der Waals surface area contributed by atoms with Gasteiger partial charge in [-0.05, 0) is 31.9 Å². The molecular formula is C19H22FN7O2. The molecule has 29 heavy (non-hydrogen) atoms. The lowest BCUT2D eigenvalue weighted by molar-refractivity contribution is 0.0778. The maximum atomic E-state index is 13.5. The Balaban J connectivity index is 1.38. The number of alkyl halides is 1. The van der Waals surface area contributed by atoms with E-state index in [0.29, 0.717) is 42.8 Å². The molecule has 152 valence electrons. The highest BCUT2D eigenvalue weighted by Crippen LogP contribution is 2.24. The summed E-state index contributed by atoms with van der Waals surface area (Å²) < 4.78 is 16.5. The first-order chi connectivity index (χ1) is 14.0. The third kappa shape index (κ3) is 3.03. The molecule has 2 aliphatic heterocycles. The van der Waals surface area contributed by atoms with E-state index in [1.807, 2.05) is 0 Å². The fourth-order valence-corrected chi connectivity index (χ4v) is 4.33. The van der Waals surface area contributed by atoms with Gasteiger partial charge in [0.15, 0.2) is 0 Å². The molecule has 3 aromatic rings. The van der Waals surface area contributed by atoms with E-state index in [1.54, 1.807) is 30.2 Å². The van der Waals surface area contributed by atoms with Crippen LogP contribution in [0.2, 0.25) is 0 Å². The summed E-state index contributed by atoms with van der Waals surface area (Å²) in [7, 11) is 0. The number of hydrogen-bond donors (Lipinski definition) is 1. The number of aromatic amines is 1. The minimum Gasteiger partial charge on any atom is -0.337 e. The number of carbonyl (C=O) groups is 1. The second-order valence-electron chi connectivity index (χ2n) is 7.75. The van der Waals surface area contributed by atoms with Gasteiger partial charge in [0.05, 0.1) is 17.5 Å². The molecule has 1 amide bonds. The number of nitrogens with one attached hydrogen (secondary N) is 1. The molecule has 2 saturated heterocycles. The molecule has 9 nitrogen and oxygen atoms in total. The van der Waals surface area contributed by atoms with Crippen LogP contribution in [0, 0.1) is 6.92 Å². The summed E-state index contributed by atoms with van der Waals surface area (Å²) in [6.07, 6.45) is 3.87. The molecule has 0 aliphatic carbocycles. The van der Waals surface area contributed by atoms with Gasteiger partial charge in [0, 0.05) is 38.4 Å². The van der Waals surface area contributed by atoms with Crippen LogP contribution in [0.25, 0.3) is 11.5 Å². The molecule has 1 unspecified atom stereocenters. The van der Waals surface area contributed by atoms with Crippen LogP contribution in [0.1, 0.15) is 28.9 Å². The predicted molar refractivity (Wildman–Crippen MR) is 103 cm³/mol. The lowest BCUT2D eigenvalue weighted by Gasteiger charge is -2.23. The van der Waals surface area contributed by atoms with Gasteiger partial charge in [-0.1, -0.05) is 0 Å². The Morgan fingerprint density at radius 3 is 2.93 bits per heavy atom. The number of hydrogen-bond acceptors (Lipinski definition) is 5. The van der Waals surface area contributed by atoms with Gasteiger partial charge in [-0.2, -0.15) is 5.10 Å². The standard InChI is InChI=1S/C19H22FN7O2/c1-12-15(18(29)25-8-5-14(11-25)24-7-4-13(20)10-24)9-21-27(12)19-22-17(28)16-3-2-6-26(16)23-19/h2-3,6,9,13-14H,4-5,7-8,10-11H2,1H3,(H,22,23,28)/t13-,14?/m1/s1. The molecule has 2 atom stereocenters. The summed E-state index contributed by atoms with van der Waals surface area (Å²) in [5.74, 6) is 0.150. The maximum absolute atomic E-state index is 13.5. The normalized spacial score (nSPS) is 22.8. The Morgan fingerprint density at radius 2 is 2.14 bits per heavy atom. The van der Waals surface area contributed by atoms with Crippen molar-refractivity contribution in [3.8, 4) is 5.95 Å². The Bertz CT molecular complexity index is 1130. The van der Waals surface area contributed by atoms with Crippen LogP contribution in [0.4, 0.5) is 4.39 Å². The Labute approximate surface area is 165 Å². The number of rotatable bonds is 3. The van der Waals surface area contributed by atoms with Gasteiger partial charge in [-0.3, -0.25) is 19.5 Å². The molecular weight excluding hydrogens is 377 g/mol. The molecule has 0 saturated carbocycles. The number of nitrogens with zero attached hydrogens (tertiary/aromatic N) is 6. The highest BCUT2D eigenvalue weighted by molar-refractivity contribution is 5.95. The second-order valence-corrected chi connectivity index (χ2v) is 7.75. The number of carbonyl (C=O) groups excluding carboxylic acids is 1. The van der Waals surface area contributed by atoms with E-state index >= 15 is 0 Å². The molecule has 0 aromatic carbocycles. The summed E-state index contributed by atoms with van der Waals surface area (Å²) in [4.78, 5) is 31.9. The zero-order valence-electron chi connectivity index (χ0n) is 16.1. The molecule has 10 heteroatoms. The summed E-state index contributed by atoms with van der Waals surface area (Å²) in [5, 5.41) is 8.64. The van der Waals surface area contributed by atoms with E-state index in [1.165, 1.54) is 15.4 Å². The Kier molecular flexibility index (Phi) is 4.23. The second kappa shape index (κ2) is 6.80. The highest BCUT2D eigenvalue weighted by Gasteiger charge is 2.35. The minimum atomic E-state index is -0.757. The SMILES string of the molecule is Cc1c(C(=O)N2CCC(N3CC[C@@H](F)C3)C2)cnn1-c1nn2cccc2c(=O)[nH]1. The third-order valence-corrected chi connectivity index (χ3v) is 5.96. The Morgan fingerprint density at radius 1 is 1.28 bits per heavy atom. The van der Waals surface area contributed by atoms with Crippen molar-refractivity contribution in [3.63, 3.8) is 0 Å². The van der Waals surface area contributed by atoms with Crippen molar-refractivity contribution in [2.24, 2.45) is 0 Å². The quantitative estimate of drug-likeness (QED) is 0.703. The fourth-order valence-electron chi connectivity index (χ4n) is 4.33. The average molecular weight is 399 g/mol. The first-order valence-corrected chi connectivity index (χ1v) is 9.81. The minimum absolute atomic E-state index is 0.100. The van der Waals surface area contributed by atoms with Crippen LogP contribution in [0.3, 0.4) is 0 Å². The van der Waals surface area contributed by atoms with Crippen molar-refractivity contribution >= 4 is 11.4 Å². The summed E-state index contributed by atoms with van der Waals surface area (Å²) >= 11 is 0. The average Bonchev–Trinajstić information content (AvgIpc) is 3.47. The van der Waals surface area contributed by atoms with Crippen LogP contribution in [0.15, 0.2) is 29.3 Å². The summed E-state index contributed by atoms with van der Waals surface area (Å²) in [6, 6.07) is 3.63. The van der Waals surface area contributed by atoms with E-state index in [4.69, 9.17) is 0 Å². The Hall–Kier alpha value is -3.01. The van der Waals surface area contributed by atoms with E-state index in [2.05, 4.69) is 20.1 Å². The lowest BCUT2D eigenvalue weighted by Crippen LogP contribution is -2.37. The fraction of sp³-hybridized carbons (Fsp3) is 0.474. The van der Waals surface area contributed by atoms with Gasteiger partial charge in [0.25, 0.3) is 11.5 Å². The van der Waals surface area contributed by atoms with Gasteiger partial charge in [-0.15, -0.1) is 5.10 Å². The molecule has 0 bridgehead atoms. The van der Waals surface area contributed by atoms with Gasteiger partial charge >= 0.3 is 0 Å². The zero-order valence-corrected chi connectivity index (χ0v) is 16.1. The third-order valence-electron chi connectivity index (χ3n) is 5.96. The smallest absolute Gasteiger partial charge is 0.276 e. The molecule has 2 fully saturated rings. The van der Waals surface area contributed by atoms with Crippen molar-refractivity contribution in [1.29, 1.82) is 0 Å². The van der Waals surface area contributed by atoms with E-state index in [9.17, 15) is 14.0 Å². The van der Waals surface area contributed by atoms with Gasteiger partial charge in [-0.25, -0.2) is 13.6 Å². The summed E-state index contributed by atoms with van der Waals surface area (Å²) in [6.45, 7) is 4.24. The van der Waals surface area contributed by atoms with Crippen molar-refractivity contribution < 1.29 is 9.18 Å². The molecule has 0 spiro atoms. The van der Waals surface area contributed by atoms with E-state index in [0.717, 1.165) is 13.0 Å². The van der Waals surface area contributed by atoms with Crippen LogP contribution >= 0.6 is 0 Å². The van der Waals surface area contributed by atoms with Gasteiger partial charge in [0.2, 0.25) is 5.95 Å². The number of halogens is 1. The van der Waals surface area contributed by atoms with Crippen LogP contribution in [0.5, 0.6) is 0 Å². The van der Waals surface area contributed by atoms with Gasteiger partial charge in [0.1, 0.15) is 11.7 Å². The number of likely N-dealkylation sites (tertiary alicyclic amines) is 2. The van der Waals surface area contributed by atoms with Gasteiger partial charge < -0.3 is 4.90 Å². The number of H-pyrrole nitrogens is 1. The van der Waals surface area contributed by atoms with E-state index < -0.39 is 6.17 Å². The monoisotopic (exact) mass is 399 g/mol. The maximum Gasteiger partial charge on any atom is 0.276 e.